The molecule has 1 spiro atoms. The summed E-state index contributed by atoms with van der Waals surface area (Å²) < 4.78 is 4.65. The van der Waals surface area contributed by atoms with E-state index in [2.05, 4.69) is 0 Å². The summed E-state index contributed by atoms with van der Waals surface area (Å²) in [4.78, 5) is 44.5. The van der Waals surface area contributed by atoms with Gasteiger partial charge in [0, 0.05) is 17.8 Å². The van der Waals surface area contributed by atoms with Crippen LogP contribution in [0.4, 0.5) is 0 Å². The van der Waals surface area contributed by atoms with Crippen molar-refractivity contribution >= 4 is 29.5 Å². The molecule has 1 N–H and O–H groups in total. The van der Waals surface area contributed by atoms with E-state index in [9.17, 15) is 19.5 Å². The minimum atomic E-state index is -0.829. The predicted octanol–water partition coefficient (Wildman–Crippen LogP) is 1.90. The Morgan fingerprint density at radius 2 is 1.97 bits per heavy atom. The zero-order valence-electron chi connectivity index (χ0n) is 18.5. The molecule has 5 aliphatic rings. The van der Waals surface area contributed by atoms with Gasteiger partial charge >= 0.3 is 5.97 Å². The van der Waals surface area contributed by atoms with Gasteiger partial charge in [0.05, 0.1) is 35.8 Å². The lowest BCUT2D eigenvalue weighted by molar-refractivity contribution is -0.153. The molecule has 2 amide bonds. The standard InChI is InChI=1S/C24H32N2O5S/c1-15(14-27)26-20-22(29)25(16-8-3-2-4-9-16)12-7-11-24(20)19(21(26)28)18-17(32-24)10-5-6-13-31-23(18)30/h5,7,10-11,15-20,27H,2-4,6,8-9,12-14H2,1H3/t15-,17+,18-,19+,20?,24+/m1/s1. The Bertz CT molecular complexity index is 853. The average molecular weight is 461 g/mol. The van der Waals surface area contributed by atoms with Crippen molar-refractivity contribution < 1.29 is 24.2 Å². The molecule has 0 radical (unpaired) electrons. The van der Waals surface area contributed by atoms with E-state index in [0.29, 0.717) is 19.6 Å². The number of carbonyl (C=O) groups is 3. The SMILES string of the molecule is C[C@H](CO)N1C(=O)[C@@H]2[C@@H]3C(=O)OCCC=C[C@@H]3S[C@@]23C=CCN(C2CCCCC2)C(=O)C13. The molecule has 4 heterocycles. The van der Waals surface area contributed by atoms with Crippen molar-refractivity contribution in [3.63, 3.8) is 0 Å². The summed E-state index contributed by atoms with van der Waals surface area (Å²) in [7, 11) is 0. The van der Waals surface area contributed by atoms with Crippen LogP contribution < -0.4 is 0 Å². The van der Waals surface area contributed by atoms with E-state index in [1.807, 2.05) is 29.2 Å². The summed E-state index contributed by atoms with van der Waals surface area (Å²) in [5.41, 5.74) is 0. The normalized spacial score (nSPS) is 38.5. The fourth-order valence-electron chi connectivity index (χ4n) is 6.35. The minimum Gasteiger partial charge on any atom is -0.465 e. The molecule has 3 fully saturated rings. The quantitative estimate of drug-likeness (QED) is 0.511. The molecule has 0 aromatic heterocycles. The molecular weight excluding hydrogens is 428 g/mol. The number of fused-ring (bicyclic) bond motifs is 2. The first-order valence-electron chi connectivity index (χ1n) is 11.9. The van der Waals surface area contributed by atoms with Crippen molar-refractivity contribution in [3.05, 3.63) is 24.3 Å². The van der Waals surface area contributed by atoms with Gasteiger partial charge in [-0.25, -0.2) is 0 Å². The maximum Gasteiger partial charge on any atom is 0.311 e. The highest BCUT2D eigenvalue weighted by Gasteiger charge is 2.71. The molecule has 7 nitrogen and oxygen atoms in total. The molecule has 1 saturated carbocycles. The number of aliphatic hydroxyl groups excluding tert-OH is 1. The van der Waals surface area contributed by atoms with Crippen molar-refractivity contribution in [2.75, 3.05) is 19.8 Å². The number of amides is 2. The lowest BCUT2D eigenvalue weighted by atomic mass is 9.78. The number of ether oxygens (including phenoxy) is 1. The van der Waals surface area contributed by atoms with Crippen LogP contribution in [0.5, 0.6) is 0 Å². The summed E-state index contributed by atoms with van der Waals surface area (Å²) in [6.45, 7) is 2.38. The summed E-state index contributed by atoms with van der Waals surface area (Å²) in [6.07, 6.45) is 14.1. The smallest absolute Gasteiger partial charge is 0.311 e. The predicted molar refractivity (Wildman–Crippen MR) is 121 cm³/mol. The van der Waals surface area contributed by atoms with Crippen LogP contribution in [-0.2, 0) is 19.1 Å². The van der Waals surface area contributed by atoms with E-state index in [0.717, 1.165) is 25.7 Å². The lowest BCUT2D eigenvalue weighted by Crippen LogP contribution is -2.57. The molecule has 1 unspecified atom stereocenters. The summed E-state index contributed by atoms with van der Waals surface area (Å²) in [5.74, 6) is -1.91. The van der Waals surface area contributed by atoms with Gasteiger partial charge in [-0.05, 0) is 26.2 Å². The van der Waals surface area contributed by atoms with Crippen molar-refractivity contribution in [2.45, 2.75) is 73.6 Å². The molecule has 0 bridgehead atoms. The van der Waals surface area contributed by atoms with Gasteiger partial charge in [-0.1, -0.05) is 43.6 Å². The first-order chi connectivity index (χ1) is 15.5. The number of carbonyl (C=O) groups excluding carboxylic acids is 3. The Hall–Kier alpha value is -1.80. The molecule has 8 heteroatoms. The van der Waals surface area contributed by atoms with Gasteiger partial charge in [0.15, 0.2) is 0 Å². The van der Waals surface area contributed by atoms with Crippen LogP contribution in [0.25, 0.3) is 0 Å². The van der Waals surface area contributed by atoms with Crippen LogP contribution in [0.15, 0.2) is 24.3 Å². The van der Waals surface area contributed by atoms with Crippen molar-refractivity contribution in [1.29, 1.82) is 0 Å². The highest BCUT2D eigenvalue weighted by atomic mass is 32.2. The number of hydrogen-bond acceptors (Lipinski definition) is 6. The molecule has 174 valence electrons. The summed E-state index contributed by atoms with van der Waals surface area (Å²) in [5, 5.41) is 9.75. The second-order valence-electron chi connectivity index (χ2n) is 9.69. The Balaban J connectivity index is 1.59. The van der Waals surface area contributed by atoms with Gasteiger partial charge in [-0.2, -0.15) is 0 Å². The number of aliphatic hydroxyl groups is 1. The fourth-order valence-corrected chi connectivity index (χ4v) is 8.34. The Kier molecular flexibility index (Phi) is 5.86. The second-order valence-corrected chi connectivity index (χ2v) is 11.2. The molecule has 0 aromatic rings. The van der Waals surface area contributed by atoms with Crippen LogP contribution in [0.2, 0.25) is 0 Å². The maximum absolute atomic E-state index is 14.1. The molecule has 0 aromatic carbocycles. The van der Waals surface area contributed by atoms with E-state index < -0.39 is 28.7 Å². The zero-order chi connectivity index (χ0) is 22.5. The van der Waals surface area contributed by atoms with E-state index in [-0.39, 0.29) is 35.7 Å². The molecule has 32 heavy (non-hydrogen) atoms. The van der Waals surface area contributed by atoms with Gasteiger partial charge in [0.1, 0.15) is 6.04 Å². The zero-order valence-corrected chi connectivity index (χ0v) is 19.3. The van der Waals surface area contributed by atoms with Crippen LogP contribution in [0.1, 0.15) is 45.4 Å². The number of hydrogen-bond donors (Lipinski definition) is 1. The minimum absolute atomic E-state index is 0.0443. The fraction of sp³-hybridized carbons (Fsp3) is 0.708. The van der Waals surface area contributed by atoms with Crippen LogP contribution in [0, 0.1) is 11.8 Å². The largest absolute Gasteiger partial charge is 0.465 e. The van der Waals surface area contributed by atoms with E-state index in [4.69, 9.17) is 4.74 Å². The third-order valence-corrected chi connectivity index (χ3v) is 9.59. The van der Waals surface area contributed by atoms with E-state index in [1.165, 1.54) is 6.42 Å². The van der Waals surface area contributed by atoms with Crippen molar-refractivity contribution in [1.82, 2.24) is 9.80 Å². The third kappa shape index (κ3) is 3.24. The molecule has 1 aliphatic carbocycles. The first kappa shape index (κ1) is 22.0. The second kappa shape index (κ2) is 8.52. The van der Waals surface area contributed by atoms with Crippen LogP contribution in [0.3, 0.4) is 0 Å². The molecule has 6 atom stereocenters. The molecular formula is C24H32N2O5S. The van der Waals surface area contributed by atoms with Gasteiger partial charge in [0.25, 0.3) is 0 Å². The summed E-state index contributed by atoms with van der Waals surface area (Å²) >= 11 is 1.56. The highest BCUT2D eigenvalue weighted by molar-refractivity contribution is 8.02. The number of cyclic esters (lactones) is 1. The number of likely N-dealkylation sites (tertiary alicyclic amines) is 1. The molecule has 5 rings (SSSR count). The Morgan fingerprint density at radius 1 is 1.19 bits per heavy atom. The molecule has 4 aliphatic heterocycles. The van der Waals surface area contributed by atoms with E-state index in [1.54, 1.807) is 23.6 Å². The molecule has 2 saturated heterocycles. The van der Waals surface area contributed by atoms with Gasteiger partial charge in [-0.3, -0.25) is 14.4 Å². The number of thioether (sulfide) groups is 1. The van der Waals surface area contributed by atoms with Gasteiger partial charge in [0.2, 0.25) is 11.8 Å². The van der Waals surface area contributed by atoms with Gasteiger partial charge < -0.3 is 19.6 Å². The topological polar surface area (TPSA) is 87.2 Å². The van der Waals surface area contributed by atoms with Gasteiger partial charge in [-0.15, -0.1) is 11.8 Å². The highest BCUT2D eigenvalue weighted by Crippen LogP contribution is 2.61. The van der Waals surface area contributed by atoms with Crippen LogP contribution in [-0.4, -0.2) is 80.6 Å². The summed E-state index contributed by atoms with van der Waals surface area (Å²) in [6, 6.07) is -1.04. The number of rotatable bonds is 3. The maximum atomic E-state index is 14.1. The Labute approximate surface area is 193 Å². The van der Waals surface area contributed by atoms with Crippen molar-refractivity contribution in [2.24, 2.45) is 11.8 Å². The average Bonchev–Trinajstić information content (AvgIpc) is 3.18. The third-order valence-electron chi connectivity index (χ3n) is 7.84. The van der Waals surface area contributed by atoms with Crippen molar-refractivity contribution in [3.8, 4) is 0 Å². The monoisotopic (exact) mass is 460 g/mol. The first-order valence-corrected chi connectivity index (χ1v) is 12.8. The number of esters is 1. The number of nitrogens with zero attached hydrogens (tertiary/aromatic N) is 2. The van der Waals surface area contributed by atoms with Crippen LogP contribution >= 0.6 is 11.8 Å². The Morgan fingerprint density at radius 3 is 2.72 bits per heavy atom. The lowest BCUT2D eigenvalue weighted by Gasteiger charge is -2.40. The van der Waals surface area contributed by atoms with E-state index >= 15 is 0 Å².